The molecule has 0 bridgehead atoms. The first-order chi connectivity index (χ1) is 22.3. The molecule has 0 spiro atoms. The van der Waals surface area contributed by atoms with Gasteiger partial charge in [-0.25, -0.2) is 18.4 Å². The van der Waals surface area contributed by atoms with Gasteiger partial charge in [-0.2, -0.15) is 36.7 Å². The number of alkyl halides is 6. The highest BCUT2D eigenvalue weighted by Crippen LogP contribution is 2.45. The Morgan fingerprint density at radius 3 is 2.21 bits per heavy atom. The number of nitrogens with one attached hydrogen (secondary N) is 1. The van der Waals surface area contributed by atoms with Crippen LogP contribution in [0.25, 0.3) is 32.1 Å². The molecular weight excluding hydrogens is 684 g/mol. The number of aliphatic carboxylic acids is 2. The highest BCUT2D eigenvalue weighted by Gasteiger charge is 2.39. The van der Waals surface area contributed by atoms with Crippen LogP contribution in [0.3, 0.4) is 0 Å². The van der Waals surface area contributed by atoms with Crippen LogP contribution in [0.2, 0.25) is 0 Å². The summed E-state index contributed by atoms with van der Waals surface area (Å²) in [5, 5.41) is 32.9. The molecule has 0 saturated carbocycles. The van der Waals surface area contributed by atoms with Crippen molar-refractivity contribution in [3.05, 3.63) is 46.7 Å². The third kappa shape index (κ3) is 6.82. The number of thiophene rings is 1. The number of carbonyl (C=O) groups is 3. The summed E-state index contributed by atoms with van der Waals surface area (Å²) in [6.07, 6.45) is -9.44. The molecular formula is C28H22F8N6O5S. The number of fused-ring (bicyclic) bond motifs is 2. The number of halogens is 8. The lowest BCUT2D eigenvalue weighted by Crippen LogP contribution is -2.54. The Balaban J connectivity index is 0.000000314. The monoisotopic (exact) mass is 706 g/mol. The van der Waals surface area contributed by atoms with Crippen molar-refractivity contribution in [3.8, 4) is 17.2 Å². The molecule has 1 atom stereocenters. The first-order valence-electron chi connectivity index (χ1n) is 13.5. The largest absolute Gasteiger partial charge is 0.490 e. The predicted molar refractivity (Wildman–Crippen MR) is 154 cm³/mol. The molecule has 6 rings (SSSR count). The van der Waals surface area contributed by atoms with Crippen LogP contribution in [0.5, 0.6) is 0 Å². The first-order valence-corrected chi connectivity index (χ1v) is 14.3. The lowest BCUT2D eigenvalue weighted by Gasteiger charge is -2.37. The number of carboxylic acids is 2. The second-order valence-electron chi connectivity index (χ2n) is 10.3. The Kier molecular flexibility index (Phi) is 9.87. The molecule has 20 heteroatoms. The van der Waals surface area contributed by atoms with E-state index in [-0.39, 0.29) is 43.7 Å². The van der Waals surface area contributed by atoms with Crippen LogP contribution in [0.1, 0.15) is 28.0 Å². The van der Waals surface area contributed by atoms with Crippen molar-refractivity contribution in [2.45, 2.75) is 38.3 Å². The van der Waals surface area contributed by atoms with Gasteiger partial charge in [-0.15, -0.1) is 11.3 Å². The van der Waals surface area contributed by atoms with Crippen LogP contribution in [-0.2, 0) is 16.1 Å². The second kappa shape index (κ2) is 13.2. The van der Waals surface area contributed by atoms with Gasteiger partial charge in [0.15, 0.2) is 0 Å². The standard InChI is InChI=1S/C24H20F2N6OS.2C2HF3O2/c1-11-18-20(13-2-3-16(25)22-19(13)15(9-27)23(28)34-22)17(26)8-14-21(18)32(30-11)6-4-12-10-29-5-7-31(12)24(14)33;2*3-2(4,5)1(6)7/h2-3,8,12,29H,4-7,10,28H2,1H3;2*(H,6,7)/t12-;;/m0../s1. The molecule has 4 heterocycles. The minimum atomic E-state index is -5.08. The maximum Gasteiger partial charge on any atom is 0.490 e. The number of hydrogen-bond donors (Lipinski definition) is 4. The number of nitriles is 1. The highest BCUT2D eigenvalue weighted by atomic mass is 32.1. The molecule has 2 aromatic carbocycles. The fraction of sp³-hybridized carbons (Fsp3) is 0.321. The lowest BCUT2D eigenvalue weighted by molar-refractivity contribution is -0.193. The number of aromatic nitrogens is 2. The maximum atomic E-state index is 15.9. The molecule has 5 N–H and O–H groups in total. The zero-order valence-corrected chi connectivity index (χ0v) is 25.1. The summed E-state index contributed by atoms with van der Waals surface area (Å²) in [4.78, 5) is 33.2. The minimum Gasteiger partial charge on any atom is -0.475 e. The van der Waals surface area contributed by atoms with Crippen LogP contribution in [0.15, 0.2) is 18.2 Å². The van der Waals surface area contributed by atoms with E-state index in [1.807, 2.05) is 11.0 Å². The van der Waals surface area contributed by atoms with Crippen molar-refractivity contribution in [2.75, 3.05) is 25.4 Å². The minimum absolute atomic E-state index is 0.0142. The van der Waals surface area contributed by atoms with Crippen molar-refractivity contribution < 1.29 is 59.7 Å². The van der Waals surface area contributed by atoms with Gasteiger partial charge in [-0.3, -0.25) is 9.48 Å². The normalized spacial score (nSPS) is 16.1. The maximum absolute atomic E-state index is 15.9. The van der Waals surface area contributed by atoms with E-state index in [0.29, 0.717) is 48.3 Å². The molecule has 1 fully saturated rings. The molecule has 0 aliphatic carbocycles. The van der Waals surface area contributed by atoms with Gasteiger partial charge < -0.3 is 26.2 Å². The average Bonchev–Trinajstić information content (AvgIpc) is 3.51. The fourth-order valence-electron chi connectivity index (χ4n) is 5.35. The third-order valence-corrected chi connectivity index (χ3v) is 8.37. The molecule has 4 aromatic rings. The molecule has 256 valence electrons. The van der Waals surface area contributed by atoms with Crippen molar-refractivity contribution >= 4 is 55.2 Å². The van der Waals surface area contributed by atoms with E-state index >= 15 is 4.39 Å². The Hall–Kier alpha value is -5.03. The number of rotatable bonds is 1. The molecule has 48 heavy (non-hydrogen) atoms. The number of aryl methyl sites for hydroxylation is 2. The summed E-state index contributed by atoms with van der Waals surface area (Å²) < 4.78 is 96.0. The quantitative estimate of drug-likeness (QED) is 0.198. The summed E-state index contributed by atoms with van der Waals surface area (Å²) in [7, 11) is 0. The highest BCUT2D eigenvalue weighted by molar-refractivity contribution is 7.23. The van der Waals surface area contributed by atoms with Gasteiger partial charge in [0.1, 0.15) is 22.7 Å². The number of benzene rings is 2. The summed E-state index contributed by atoms with van der Waals surface area (Å²) in [5.74, 6) is -6.87. The third-order valence-electron chi connectivity index (χ3n) is 7.34. The number of nitrogens with zero attached hydrogens (tertiary/aromatic N) is 4. The fourth-order valence-corrected chi connectivity index (χ4v) is 6.30. The van der Waals surface area contributed by atoms with E-state index in [2.05, 4.69) is 10.4 Å². The van der Waals surface area contributed by atoms with E-state index in [1.54, 1.807) is 11.6 Å². The molecule has 2 aliphatic rings. The van der Waals surface area contributed by atoms with Crippen LogP contribution < -0.4 is 11.1 Å². The smallest absolute Gasteiger partial charge is 0.475 e. The van der Waals surface area contributed by atoms with Crippen LogP contribution >= 0.6 is 11.3 Å². The number of hydrogen-bond acceptors (Lipinski definition) is 8. The Morgan fingerprint density at radius 2 is 1.65 bits per heavy atom. The summed E-state index contributed by atoms with van der Waals surface area (Å²) in [5.41, 5.74) is 8.09. The summed E-state index contributed by atoms with van der Waals surface area (Å²) in [6.45, 7) is 4.28. The molecule has 1 saturated heterocycles. The van der Waals surface area contributed by atoms with Gasteiger partial charge in [0.2, 0.25) is 0 Å². The van der Waals surface area contributed by atoms with Gasteiger partial charge in [0, 0.05) is 48.6 Å². The molecule has 0 radical (unpaired) electrons. The number of nitrogen functional groups attached to an aromatic ring is 1. The van der Waals surface area contributed by atoms with Gasteiger partial charge >= 0.3 is 24.3 Å². The SMILES string of the molecule is Cc1nn2c3c(cc(F)c(-c4ccc(F)c5sc(N)c(C#N)c45)c13)C(=O)N1CCNC[C@@H]1CC2.O=C(O)C(F)(F)F.O=C(O)C(F)(F)F. The van der Waals surface area contributed by atoms with Gasteiger partial charge in [-0.05, 0) is 31.0 Å². The lowest BCUT2D eigenvalue weighted by atomic mass is 9.92. The van der Waals surface area contributed by atoms with Crippen LogP contribution in [0.4, 0.5) is 40.1 Å². The van der Waals surface area contributed by atoms with Gasteiger partial charge in [0.05, 0.1) is 27.0 Å². The molecule has 2 aromatic heterocycles. The topological polar surface area (TPSA) is 175 Å². The van der Waals surface area contributed by atoms with Crippen molar-refractivity contribution in [1.29, 1.82) is 5.26 Å². The van der Waals surface area contributed by atoms with E-state index in [1.165, 1.54) is 18.2 Å². The van der Waals surface area contributed by atoms with E-state index < -0.39 is 35.9 Å². The number of nitrogens with two attached hydrogens (primary N) is 1. The number of amides is 1. The zero-order valence-electron chi connectivity index (χ0n) is 24.3. The van der Waals surface area contributed by atoms with Crippen LogP contribution in [0, 0.1) is 29.9 Å². The second-order valence-corrected chi connectivity index (χ2v) is 11.4. The number of anilines is 1. The molecule has 0 unspecified atom stereocenters. The van der Waals surface area contributed by atoms with E-state index in [0.717, 1.165) is 17.8 Å². The molecule has 1 amide bonds. The average molecular weight is 707 g/mol. The Bertz CT molecular complexity index is 1960. The van der Waals surface area contributed by atoms with Gasteiger partial charge in [0.25, 0.3) is 5.91 Å². The van der Waals surface area contributed by atoms with Crippen molar-refractivity contribution in [3.63, 3.8) is 0 Å². The number of piperazine rings is 1. The summed E-state index contributed by atoms with van der Waals surface area (Å²) >= 11 is 0.967. The van der Waals surface area contributed by atoms with Crippen LogP contribution in [-0.4, -0.2) is 80.8 Å². The Morgan fingerprint density at radius 1 is 1.04 bits per heavy atom. The number of carbonyl (C=O) groups excluding carboxylic acids is 1. The molecule has 11 nitrogen and oxygen atoms in total. The predicted octanol–water partition coefficient (Wildman–Crippen LogP) is 5.04. The number of carboxylic acid groups (broad SMARTS) is 2. The molecule has 2 aliphatic heterocycles. The first kappa shape index (κ1) is 35.8. The van der Waals surface area contributed by atoms with E-state index in [9.17, 15) is 40.8 Å². The zero-order chi connectivity index (χ0) is 35.9. The van der Waals surface area contributed by atoms with Crippen molar-refractivity contribution in [2.24, 2.45) is 0 Å². The van der Waals surface area contributed by atoms with Crippen molar-refractivity contribution in [1.82, 2.24) is 20.0 Å². The van der Waals surface area contributed by atoms with E-state index in [4.69, 9.17) is 25.5 Å². The Labute approximate surface area is 267 Å². The summed E-state index contributed by atoms with van der Waals surface area (Å²) in [6, 6.07) is 6.05. The van der Waals surface area contributed by atoms with Gasteiger partial charge in [-0.1, -0.05) is 6.07 Å².